The van der Waals surface area contributed by atoms with Crippen LogP contribution in [0.3, 0.4) is 0 Å². The smallest absolute Gasteiger partial charge is 0.279 e. The highest BCUT2D eigenvalue weighted by Crippen LogP contribution is 2.23. The first kappa shape index (κ1) is 20.7. The van der Waals surface area contributed by atoms with Gasteiger partial charge in [0.1, 0.15) is 12.1 Å². The van der Waals surface area contributed by atoms with Gasteiger partial charge in [-0.2, -0.15) is 5.26 Å². The van der Waals surface area contributed by atoms with Crippen LogP contribution in [0.25, 0.3) is 0 Å². The summed E-state index contributed by atoms with van der Waals surface area (Å²) in [5, 5.41) is 14.1. The lowest BCUT2D eigenvalue weighted by molar-refractivity contribution is -0.692. The van der Waals surface area contributed by atoms with Gasteiger partial charge in [0.15, 0.2) is 6.54 Å². The van der Waals surface area contributed by atoms with E-state index in [-0.39, 0.29) is 11.9 Å². The third-order valence-corrected chi connectivity index (χ3v) is 5.10. The molecular formula is C23H30N3O+. The molecule has 0 heterocycles. The molecule has 0 aromatic heterocycles. The van der Waals surface area contributed by atoms with Crippen molar-refractivity contribution in [2.24, 2.45) is 5.92 Å². The highest BCUT2D eigenvalue weighted by Gasteiger charge is 2.21. The summed E-state index contributed by atoms with van der Waals surface area (Å²) in [6.45, 7) is 9.10. The quantitative estimate of drug-likeness (QED) is 0.744. The van der Waals surface area contributed by atoms with E-state index in [9.17, 15) is 4.79 Å². The van der Waals surface area contributed by atoms with Crippen LogP contribution in [0.2, 0.25) is 0 Å². The Morgan fingerprint density at radius 3 is 2.30 bits per heavy atom. The lowest BCUT2D eigenvalue weighted by Crippen LogP contribution is -2.88. The SMILES string of the molecule is CC[C@H](C)c1ccc([C@@H]([NH2+]CC(=O)Nc2ccccc2C#N)C(C)C)cc1. The summed E-state index contributed by atoms with van der Waals surface area (Å²) in [5.41, 5.74) is 3.64. The van der Waals surface area contributed by atoms with Crippen molar-refractivity contribution >= 4 is 11.6 Å². The second-order valence-electron chi connectivity index (χ2n) is 7.39. The molecule has 4 nitrogen and oxygen atoms in total. The molecule has 142 valence electrons. The Labute approximate surface area is 162 Å². The first-order valence-electron chi connectivity index (χ1n) is 9.68. The minimum atomic E-state index is -0.0976. The first-order chi connectivity index (χ1) is 13.0. The van der Waals surface area contributed by atoms with E-state index in [0.717, 1.165) is 6.42 Å². The Balaban J connectivity index is 2.02. The van der Waals surface area contributed by atoms with E-state index < -0.39 is 0 Å². The van der Waals surface area contributed by atoms with Crippen LogP contribution in [-0.4, -0.2) is 12.5 Å². The van der Waals surface area contributed by atoms with E-state index >= 15 is 0 Å². The zero-order valence-electron chi connectivity index (χ0n) is 16.7. The fraction of sp³-hybridized carbons (Fsp3) is 0.391. The van der Waals surface area contributed by atoms with Crippen molar-refractivity contribution in [3.05, 3.63) is 65.2 Å². The molecular weight excluding hydrogens is 334 g/mol. The molecule has 2 rings (SSSR count). The number of nitrogens with one attached hydrogen (secondary N) is 1. The Hall–Kier alpha value is -2.64. The van der Waals surface area contributed by atoms with Crippen molar-refractivity contribution < 1.29 is 10.1 Å². The van der Waals surface area contributed by atoms with Gasteiger partial charge in [0.25, 0.3) is 5.91 Å². The van der Waals surface area contributed by atoms with Crippen molar-refractivity contribution in [3.8, 4) is 6.07 Å². The number of carbonyl (C=O) groups excluding carboxylic acids is 1. The zero-order valence-corrected chi connectivity index (χ0v) is 16.7. The van der Waals surface area contributed by atoms with Crippen LogP contribution in [0.15, 0.2) is 48.5 Å². The third-order valence-electron chi connectivity index (χ3n) is 5.10. The average molecular weight is 365 g/mol. The van der Waals surface area contributed by atoms with Crippen LogP contribution in [-0.2, 0) is 4.79 Å². The molecule has 0 aliphatic rings. The van der Waals surface area contributed by atoms with Gasteiger partial charge >= 0.3 is 0 Å². The minimum Gasteiger partial charge on any atom is -0.332 e. The van der Waals surface area contributed by atoms with Crippen molar-refractivity contribution in [1.29, 1.82) is 5.26 Å². The maximum atomic E-state index is 12.4. The van der Waals surface area contributed by atoms with Crippen LogP contribution >= 0.6 is 0 Å². The van der Waals surface area contributed by atoms with Gasteiger partial charge in [-0.3, -0.25) is 4.79 Å². The number of nitrogens with zero attached hydrogens (tertiary/aromatic N) is 1. The summed E-state index contributed by atoms with van der Waals surface area (Å²) in [5.74, 6) is 0.865. The molecule has 0 saturated carbocycles. The fourth-order valence-corrected chi connectivity index (χ4v) is 3.20. The molecule has 0 fully saturated rings. The zero-order chi connectivity index (χ0) is 19.8. The number of benzene rings is 2. The summed E-state index contributed by atoms with van der Waals surface area (Å²) >= 11 is 0. The third kappa shape index (κ3) is 5.67. The van der Waals surface area contributed by atoms with Crippen LogP contribution in [0, 0.1) is 17.2 Å². The van der Waals surface area contributed by atoms with Gasteiger partial charge in [-0.25, -0.2) is 0 Å². The normalized spacial score (nSPS) is 13.0. The average Bonchev–Trinajstić information content (AvgIpc) is 2.68. The molecule has 2 aromatic carbocycles. The van der Waals surface area contributed by atoms with Crippen LogP contribution in [0.4, 0.5) is 5.69 Å². The number of hydrogen-bond acceptors (Lipinski definition) is 2. The highest BCUT2D eigenvalue weighted by atomic mass is 16.1. The van der Waals surface area contributed by atoms with Crippen molar-refractivity contribution in [2.45, 2.75) is 46.1 Å². The molecule has 0 aliphatic carbocycles. The number of nitriles is 1. The van der Waals surface area contributed by atoms with Gasteiger partial charge in [-0.05, 0) is 30.0 Å². The molecule has 0 bridgehead atoms. The summed E-state index contributed by atoms with van der Waals surface area (Å²) in [6, 6.07) is 18.2. The summed E-state index contributed by atoms with van der Waals surface area (Å²) < 4.78 is 0. The van der Waals surface area contributed by atoms with Gasteiger partial charge in [0.2, 0.25) is 0 Å². The minimum absolute atomic E-state index is 0.0976. The van der Waals surface area contributed by atoms with E-state index in [1.807, 2.05) is 6.07 Å². The van der Waals surface area contributed by atoms with Gasteiger partial charge in [-0.15, -0.1) is 0 Å². The second kappa shape index (κ2) is 9.89. The largest absolute Gasteiger partial charge is 0.332 e. The Kier molecular flexibility index (Phi) is 7.57. The number of amides is 1. The standard InChI is InChI=1S/C23H29N3O/c1-5-17(4)18-10-12-19(13-11-18)23(16(2)3)25-15-22(27)26-21-9-7-6-8-20(21)14-24/h6-13,16-17,23,25H,5,15H2,1-4H3,(H,26,27)/p+1/t17-,23-/m0/s1. The molecule has 27 heavy (non-hydrogen) atoms. The Bertz CT molecular complexity index is 790. The highest BCUT2D eigenvalue weighted by molar-refractivity contribution is 5.92. The molecule has 2 atom stereocenters. The van der Waals surface area contributed by atoms with Crippen LogP contribution < -0.4 is 10.6 Å². The summed E-state index contributed by atoms with van der Waals surface area (Å²) in [4.78, 5) is 12.4. The topological polar surface area (TPSA) is 69.5 Å². The lowest BCUT2D eigenvalue weighted by atomic mass is 9.92. The predicted octanol–water partition coefficient (Wildman–Crippen LogP) is 3.97. The molecule has 0 radical (unpaired) electrons. The van der Waals surface area contributed by atoms with E-state index in [0.29, 0.717) is 29.6 Å². The molecule has 0 aliphatic heterocycles. The number of anilines is 1. The van der Waals surface area contributed by atoms with E-state index in [1.165, 1.54) is 11.1 Å². The van der Waals surface area contributed by atoms with E-state index in [2.05, 4.69) is 68.7 Å². The van der Waals surface area contributed by atoms with Gasteiger partial charge < -0.3 is 10.6 Å². The number of rotatable bonds is 8. The van der Waals surface area contributed by atoms with Crippen molar-refractivity contribution in [1.82, 2.24) is 0 Å². The Morgan fingerprint density at radius 2 is 1.70 bits per heavy atom. The Morgan fingerprint density at radius 1 is 1.07 bits per heavy atom. The number of hydrogen-bond donors (Lipinski definition) is 2. The first-order valence-corrected chi connectivity index (χ1v) is 9.68. The van der Waals surface area contributed by atoms with Gasteiger partial charge in [0, 0.05) is 11.5 Å². The monoisotopic (exact) mass is 364 g/mol. The molecule has 0 spiro atoms. The maximum absolute atomic E-state index is 12.4. The van der Waals surface area contributed by atoms with Gasteiger partial charge in [0.05, 0.1) is 11.3 Å². The van der Waals surface area contributed by atoms with Crippen molar-refractivity contribution in [3.63, 3.8) is 0 Å². The van der Waals surface area contributed by atoms with E-state index in [1.54, 1.807) is 18.2 Å². The van der Waals surface area contributed by atoms with Crippen LogP contribution in [0.5, 0.6) is 0 Å². The number of nitrogens with two attached hydrogens (primary N) is 1. The number of carbonyl (C=O) groups is 1. The lowest BCUT2D eigenvalue weighted by Gasteiger charge is -2.20. The number of para-hydroxylation sites is 1. The molecule has 0 unspecified atom stereocenters. The molecule has 4 heteroatoms. The summed E-state index contributed by atoms with van der Waals surface area (Å²) in [7, 11) is 0. The van der Waals surface area contributed by atoms with Crippen molar-refractivity contribution in [2.75, 3.05) is 11.9 Å². The molecule has 1 amide bonds. The maximum Gasteiger partial charge on any atom is 0.279 e. The molecule has 3 N–H and O–H groups in total. The molecule has 0 saturated heterocycles. The predicted molar refractivity (Wildman–Crippen MR) is 109 cm³/mol. The second-order valence-corrected chi connectivity index (χ2v) is 7.39. The number of quaternary nitrogens is 1. The van der Waals surface area contributed by atoms with Gasteiger partial charge in [-0.1, -0.05) is 64.1 Å². The summed E-state index contributed by atoms with van der Waals surface area (Å²) in [6.07, 6.45) is 1.13. The fourth-order valence-electron chi connectivity index (χ4n) is 3.20. The van der Waals surface area contributed by atoms with E-state index in [4.69, 9.17) is 5.26 Å². The van der Waals surface area contributed by atoms with Crippen LogP contribution in [0.1, 0.15) is 62.8 Å². The molecule has 2 aromatic rings.